The van der Waals surface area contributed by atoms with Crippen LogP contribution in [0.4, 0.5) is 5.69 Å². The molecule has 1 aromatic heterocycles. The van der Waals surface area contributed by atoms with Crippen LogP contribution in [0.5, 0.6) is 5.75 Å². The number of aromatic nitrogens is 1. The molecule has 0 unspecified atom stereocenters. The fraction of sp³-hybridized carbons (Fsp3) is 0.214. The van der Waals surface area contributed by atoms with Crippen LogP contribution in [-0.2, 0) is 0 Å². The molecule has 100 valence electrons. The Morgan fingerprint density at radius 2 is 2.16 bits per heavy atom. The molecule has 0 aliphatic rings. The molecule has 0 aliphatic heterocycles. The van der Waals surface area contributed by atoms with Gasteiger partial charge < -0.3 is 10.5 Å². The molecule has 0 saturated heterocycles. The summed E-state index contributed by atoms with van der Waals surface area (Å²) in [5.74, 6) is 1.79. The van der Waals surface area contributed by atoms with Crippen LogP contribution in [0.3, 0.4) is 0 Å². The average Bonchev–Trinajstić information content (AvgIpc) is 2.40. The molecule has 1 heterocycles. The van der Waals surface area contributed by atoms with Crippen LogP contribution >= 0.6 is 27.7 Å². The highest BCUT2D eigenvalue weighted by atomic mass is 79.9. The normalized spacial score (nSPS) is 10.4. The lowest BCUT2D eigenvalue weighted by Gasteiger charge is -2.06. The maximum Gasteiger partial charge on any atom is 0.121 e. The van der Waals surface area contributed by atoms with E-state index in [4.69, 9.17) is 10.5 Å². The topological polar surface area (TPSA) is 48.1 Å². The Kier molecular flexibility index (Phi) is 5.54. The zero-order chi connectivity index (χ0) is 13.5. The predicted molar refractivity (Wildman–Crippen MR) is 83.6 cm³/mol. The molecular weight excluding hydrogens is 324 g/mol. The minimum atomic E-state index is 0.681. The smallest absolute Gasteiger partial charge is 0.121 e. The molecule has 0 radical (unpaired) electrons. The van der Waals surface area contributed by atoms with E-state index in [2.05, 4.69) is 20.9 Å². The number of pyridine rings is 1. The van der Waals surface area contributed by atoms with E-state index < -0.39 is 0 Å². The van der Waals surface area contributed by atoms with Crippen molar-refractivity contribution in [1.82, 2.24) is 4.98 Å². The fourth-order valence-electron chi connectivity index (χ4n) is 1.50. The van der Waals surface area contributed by atoms with Gasteiger partial charge in [-0.15, -0.1) is 11.8 Å². The third kappa shape index (κ3) is 4.76. The van der Waals surface area contributed by atoms with Gasteiger partial charge in [-0.3, -0.25) is 0 Å². The molecule has 19 heavy (non-hydrogen) atoms. The highest BCUT2D eigenvalue weighted by Gasteiger charge is 2.01. The Morgan fingerprint density at radius 1 is 1.26 bits per heavy atom. The molecule has 2 rings (SSSR count). The summed E-state index contributed by atoms with van der Waals surface area (Å²) in [6, 6.07) is 11.4. The van der Waals surface area contributed by atoms with Crippen molar-refractivity contribution in [3.05, 3.63) is 47.1 Å². The van der Waals surface area contributed by atoms with Gasteiger partial charge in [0.15, 0.2) is 0 Å². The van der Waals surface area contributed by atoms with E-state index >= 15 is 0 Å². The molecule has 0 aliphatic carbocycles. The van der Waals surface area contributed by atoms with E-state index in [0.29, 0.717) is 6.61 Å². The van der Waals surface area contributed by atoms with Crippen molar-refractivity contribution in [2.24, 2.45) is 0 Å². The Balaban J connectivity index is 1.69. The van der Waals surface area contributed by atoms with E-state index in [9.17, 15) is 0 Å². The number of hydrogen-bond acceptors (Lipinski definition) is 4. The second kappa shape index (κ2) is 7.40. The third-order valence-corrected chi connectivity index (χ3v) is 4.37. The van der Waals surface area contributed by atoms with Crippen LogP contribution in [0.2, 0.25) is 0 Å². The quantitative estimate of drug-likeness (QED) is 0.491. The summed E-state index contributed by atoms with van der Waals surface area (Å²) in [5.41, 5.74) is 6.41. The first-order chi connectivity index (χ1) is 9.25. The van der Waals surface area contributed by atoms with Gasteiger partial charge in [-0.1, -0.05) is 6.07 Å². The van der Waals surface area contributed by atoms with Gasteiger partial charge in [0.2, 0.25) is 0 Å². The van der Waals surface area contributed by atoms with Crippen LogP contribution in [0.25, 0.3) is 0 Å². The molecule has 0 amide bonds. The second-order valence-corrected chi connectivity index (χ2v) is 5.85. The third-order valence-electron chi connectivity index (χ3n) is 2.38. The number of ether oxygens (including phenoxy) is 1. The number of hydrogen-bond donors (Lipinski definition) is 1. The van der Waals surface area contributed by atoms with E-state index in [-0.39, 0.29) is 0 Å². The van der Waals surface area contributed by atoms with Crippen molar-refractivity contribution in [2.45, 2.75) is 11.4 Å². The van der Waals surface area contributed by atoms with Gasteiger partial charge in [-0.2, -0.15) is 0 Å². The Hall–Kier alpha value is -1.20. The molecule has 2 N–H and O–H groups in total. The maximum absolute atomic E-state index is 5.68. The maximum atomic E-state index is 5.68. The molecule has 0 fully saturated rings. The van der Waals surface area contributed by atoms with Crippen molar-refractivity contribution in [3.8, 4) is 5.75 Å². The van der Waals surface area contributed by atoms with Crippen molar-refractivity contribution in [2.75, 3.05) is 18.1 Å². The zero-order valence-electron chi connectivity index (χ0n) is 10.4. The Bertz CT molecular complexity index is 536. The number of nitrogens with zero attached hydrogens (tertiary/aromatic N) is 1. The number of rotatable bonds is 6. The minimum absolute atomic E-state index is 0.681. The summed E-state index contributed by atoms with van der Waals surface area (Å²) in [7, 11) is 0. The van der Waals surface area contributed by atoms with Gasteiger partial charge in [-0.05, 0) is 46.6 Å². The summed E-state index contributed by atoms with van der Waals surface area (Å²) in [6.45, 7) is 0.681. The molecule has 5 heteroatoms. The monoisotopic (exact) mass is 338 g/mol. The lowest BCUT2D eigenvalue weighted by atomic mass is 10.3. The van der Waals surface area contributed by atoms with E-state index in [1.165, 1.54) is 0 Å². The van der Waals surface area contributed by atoms with E-state index in [0.717, 1.165) is 33.1 Å². The van der Waals surface area contributed by atoms with E-state index in [1.54, 1.807) is 18.0 Å². The number of thioether (sulfide) groups is 1. The lowest BCUT2D eigenvalue weighted by Crippen LogP contribution is -1.99. The second-order valence-electron chi connectivity index (χ2n) is 3.91. The van der Waals surface area contributed by atoms with Gasteiger partial charge in [0.05, 0.1) is 6.61 Å². The van der Waals surface area contributed by atoms with Crippen LogP contribution < -0.4 is 10.5 Å². The summed E-state index contributed by atoms with van der Waals surface area (Å²) < 4.78 is 6.67. The largest absolute Gasteiger partial charge is 0.493 e. The molecule has 2 aromatic rings. The van der Waals surface area contributed by atoms with Crippen molar-refractivity contribution < 1.29 is 4.74 Å². The van der Waals surface area contributed by atoms with Gasteiger partial charge in [0.25, 0.3) is 0 Å². The van der Waals surface area contributed by atoms with Gasteiger partial charge in [0, 0.05) is 28.2 Å². The van der Waals surface area contributed by atoms with Crippen molar-refractivity contribution in [1.29, 1.82) is 0 Å². The summed E-state index contributed by atoms with van der Waals surface area (Å²) in [5, 5.41) is 1.02. The number of halogens is 1. The summed E-state index contributed by atoms with van der Waals surface area (Å²) in [4.78, 5) is 4.30. The van der Waals surface area contributed by atoms with Gasteiger partial charge in [-0.25, -0.2) is 4.98 Å². The number of anilines is 1. The summed E-state index contributed by atoms with van der Waals surface area (Å²) >= 11 is 5.20. The van der Waals surface area contributed by atoms with E-state index in [1.807, 2.05) is 36.4 Å². The number of benzene rings is 1. The SMILES string of the molecule is Nc1cccc(OCCCSc2ncccc2Br)c1. The highest BCUT2D eigenvalue weighted by Crippen LogP contribution is 2.25. The van der Waals surface area contributed by atoms with Gasteiger partial charge in [0.1, 0.15) is 10.8 Å². The molecule has 0 spiro atoms. The van der Waals surface area contributed by atoms with Crippen molar-refractivity contribution >= 4 is 33.4 Å². The van der Waals surface area contributed by atoms with Crippen LogP contribution in [0.15, 0.2) is 52.1 Å². The highest BCUT2D eigenvalue weighted by molar-refractivity contribution is 9.10. The predicted octanol–water partition coefficient (Wildman–Crippen LogP) is 3.99. The van der Waals surface area contributed by atoms with Crippen LogP contribution in [0, 0.1) is 0 Å². The molecule has 0 bridgehead atoms. The minimum Gasteiger partial charge on any atom is -0.493 e. The molecule has 0 saturated carbocycles. The Labute approximate surface area is 125 Å². The zero-order valence-corrected chi connectivity index (χ0v) is 12.8. The number of nitrogens with two attached hydrogens (primary N) is 1. The first-order valence-electron chi connectivity index (χ1n) is 5.97. The first-order valence-corrected chi connectivity index (χ1v) is 7.75. The lowest BCUT2D eigenvalue weighted by molar-refractivity contribution is 0.319. The average molecular weight is 339 g/mol. The van der Waals surface area contributed by atoms with Crippen molar-refractivity contribution in [3.63, 3.8) is 0 Å². The summed E-state index contributed by atoms with van der Waals surface area (Å²) in [6.07, 6.45) is 2.76. The van der Waals surface area contributed by atoms with Gasteiger partial charge >= 0.3 is 0 Å². The molecule has 1 aromatic carbocycles. The molecule has 0 atom stereocenters. The Morgan fingerprint density at radius 3 is 2.95 bits per heavy atom. The first kappa shape index (κ1) is 14.2. The number of nitrogen functional groups attached to an aromatic ring is 1. The van der Waals surface area contributed by atoms with Crippen LogP contribution in [-0.4, -0.2) is 17.3 Å². The molecular formula is C14H15BrN2OS. The van der Waals surface area contributed by atoms with Crippen LogP contribution in [0.1, 0.15) is 6.42 Å². The molecule has 3 nitrogen and oxygen atoms in total. The standard InChI is InChI=1S/C14H15BrN2OS/c15-13-6-2-7-17-14(13)19-9-3-8-18-12-5-1-4-11(16)10-12/h1-2,4-7,10H,3,8-9,16H2. The fourth-order valence-corrected chi connectivity index (χ4v) is 2.89.